The van der Waals surface area contributed by atoms with E-state index in [1.807, 2.05) is 0 Å². The van der Waals surface area contributed by atoms with Crippen LogP contribution in [0.25, 0.3) is 0 Å². The van der Waals surface area contributed by atoms with Gasteiger partial charge in [-0.25, -0.2) is 0 Å². The van der Waals surface area contributed by atoms with Crippen LogP contribution in [0.5, 0.6) is 0 Å². The van der Waals surface area contributed by atoms with Gasteiger partial charge in [0.2, 0.25) is 0 Å². The van der Waals surface area contributed by atoms with E-state index >= 15 is 0 Å². The molecule has 0 amide bonds. The van der Waals surface area contributed by atoms with E-state index in [1.54, 1.807) is 13.0 Å². The quantitative estimate of drug-likeness (QED) is 0.487. The van der Waals surface area contributed by atoms with Crippen molar-refractivity contribution < 1.29 is 4.79 Å². The fourth-order valence-electron chi connectivity index (χ4n) is 1.19. The highest BCUT2D eigenvalue weighted by Gasteiger charge is 2.02. The molecule has 0 rings (SSSR count). The molecule has 0 aliphatic rings. The van der Waals surface area contributed by atoms with E-state index in [-0.39, 0.29) is 5.78 Å². The van der Waals surface area contributed by atoms with Crippen LogP contribution in [0.1, 0.15) is 52.4 Å². The summed E-state index contributed by atoms with van der Waals surface area (Å²) in [4.78, 5) is 11.2. The summed E-state index contributed by atoms with van der Waals surface area (Å²) < 4.78 is 0. The second-order valence-electron chi connectivity index (χ2n) is 3.33. The van der Waals surface area contributed by atoms with Crippen LogP contribution in [0.3, 0.4) is 0 Å². The Morgan fingerprint density at radius 2 is 1.85 bits per heavy atom. The molecule has 0 radical (unpaired) electrons. The molecule has 0 atom stereocenters. The number of rotatable bonds is 7. The molecule has 0 heterocycles. The van der Waals surface area contributed by atoms with E-state index in [4.69, 9.17) is 5.73 Å². The number of hydrogen-bond acceptors (Lipinski definition) is 2. The lowest BCUT2D eigenvalue weighted by Crippen LogP contribution is -2.10. The first-order valence-electron chi connectivity index (χ1n) is 5.17. The zero-order chi connectivity index (χ0) is 10.1. The number of carbonyl (C=O) groups is 1. The van der Waals surface area contributed by atoms with E-state index in [2.05, 4.69) is 6.92 Å². The lowest BCUT2D eigenvalue weighted by Gasteiger charge is -2.00. The van der Waals surface area contributed by atoms with Gasteiger partial charge in [0.1, 0.15) is 0 Å². The molecule has 0 unspecified atom stereocenters. The van der Waals surface area contributed by atoms with Crippen LogP contribution in [0.4, 0.5) is 0 Å². The molecule has 0 fully saturated rings. The molecule has 0 aromatic carbocycles. The van der Waals surface area contributed by atoms with Gasteiger partial charge in [-0.3, -0.25) is 4.79 Å². The Labute approximate surface area is 81.2 Å². The van der Waals surface area contributed by atoms with Crippen LogP contribution < -0.4 is 5.73 Å². The van der Waals surface area contributed by atoms with Crippen molar-refractivity contribution in [1.29, 1.82) is 0 Å². The van der Waals surface area contributed by atoms with E-state index in [0.29, 0.717) is 12.1 Å². The number of unbranched alkanes of at least 4 members (excludes halogenated alkanes) is 4. The van der Waals surface area contributed by atoms with Gasteiger partial charge in [-0.1, -0.05) is 38.7 Å². The highest BCUT2D eigenvalue weighted by Crippen LogP contribution is 2.06. The maximum absolute atomic E-state index is 11.2. The van der Waals surface area contributed by atoms with Crippen LogP contribution in [-0.2, 0) is 4.79 Å². The van der Waals surface area contributed by atoms with Crippen molar-refractivity contribution in [2.24, 2.45) is 5.73 Å². The summed E-state index contributed by atoms with van der Waals surface area (Å²) in [7, 11) is 0. The van der Waals surface area contributed by atoms with E-state index in [9.17, 15) is 4.79 Å². The Morgan fingerprint density at radius 1 is 1.23 bits per heavy atom. The topological polar surface area (TPSA) is 43.1 Å². The molecular weight excluding hydrogens is 162 g/mol. The first kappa shape index (κ1) is 12.2. The molecule has 0 spiro atoms. The van der Waals surface area contributed by atoms with Crippen LogP contribution >= 0.6 is 0 Å². The molecule has 0 aliphatic heterocycles. The predicted molar refractivity (Wildman–Crippen MR) is 56.3 cm³/mol. The van der Waals surface area contributed by atoms with Crippen molar-refractivity contribution >= 4 is 5.78 Å². The summed E-state index contributed by atoms with van der Waals surface area (Å²) in [6, 6.07) is 0. The maximum Gasteiger partial charge on any atom is 0.178 e. The first-order chi connectivity index (χ1) is 6.22. The average Bonchev–Trinajstić information content (AvgIpc) is 2.16. The third kappa shape index (κ3) is 6.38. The van der Waals surface area contributed by atoms with Crippen LogP contribution in [0, 0.1) is 0 Å². The molecule has 0 aliphatic carbocycles. The molecule has 2 N–H and O–H groups in total. The van der Waals surface area contributed by atoms with Gasteiger partial charge in [0, 0.05) is 6.42 Å². The van der Waals surface area contributed by atoms with Crippen LogP contribution in [0.15, 0.2) is 11.8 Å². The molecule has 0 aromatic rings. The Hall–Kier alpha value is -0.790. The molecular formula is C11H21NO. The summed E-state index contributed by atoms with van der Waals surface area (Å²) in [5.41, 5.74) is 5.88. The van der Waals surface area contributed by atoms with Gasteiger partial charge >= 0.3 is 0 Å². The molecule has 13 heavy (non-hydrogen) atoms. The molecule has 0 saturated heterocycles. The van der Waals surface area contributed by atoms with Gasteiger partial charge in [0.15, 0.2) is 5.78 Å². The molecule has 76 valence electrons. The normalized spacial score (nSPS) is 11.7. The maximum atomic E-state index is 11.2. The monoisotopic (exact) mass is 183 g/mol. The molecule has 0 saturated carbocycles. The second-order valence-corrected chi connectivity index (χ2v) is 3.33. The van der Waals surface area contributed by atoms with Gasteiger partial charge in [0.05, 0.1) is 5.70 Å². The van der Waals surface area contributed by atoms with E-state index in [0.717, 1.165) is 12.8 Å². The third-order valence-corrected chi connectivity index (χ3v) is 2.14. The summed E-state index contributed by atoms with van der Waals surface area (Å²) in [5.74, 6) is 0.0963. The van der Waals surface area contributed by atoms with Crippen LogP contribution in [0.2, 0.25) is 0 Å². The van der Waals surface area contributed by atoms with Crippen molar-refractivity contribution in [3.8, 4) is 0 Å². The number of nitrogens with two attached hydrogens (primary N) is 1. The van der Waals surface area contributed by atoms with Gasteiger partial charge in [-0.2, -0.15) is 0 Å². The third-order valence-electron chi connectivity index (χ3n) is 2.14. The molecule has 2 heteroatoms. The van der Waals surface area contributed by atoms with Gasteiger partial charge in [0.25, 0.3) is 0 Å². The zero-order valence-corrected chi connectivity index (χ0v) is 8.81. The fourth-order valence-corrected chi connectivity index (χ4v) is 1.19. The SMILES string of the molecule is C/C=C(/N)C(=O)CCCCCCC. The Balaban J connectivity index is 3.38. The Kier molecular flexibility index (Phi) is 7.36. The lowest BCUT2D eigenvalue weighted by molar-refractivity contribution is -0.115. The number of Topliss-reactive ketones (excluding diaryl/α,β-unsaturated/α-hetero) is 1. The van der Waals surface area contributed by atoms with Crippen molar-refractivity contribution in [2.75, 3.05) is 0 Å². The summed E-state index contributed by atoms with van der Waals surface area (Å²) in [6.45, 7) is 3.98. The lowest BCUT2D eigenvalue weighted by atomic mass is 10.1. The Bertz CT molecular complexity index is 173. The number of allylic oxidation sites excluding steroid dienone is 2. The van der Waals surface area contributed by atoms with Crippen LogP contribution in [-0.4, -0.2) is 5.78 Å². The number of carbonyl (C=O) groups excluding carboxylic acids is 1. The molecule has 0 bridgehead atoms. The van der Waals surface area contributed by atoms with Crippen molar-refractivity contribution in [3.05, 3.63) is 11.8 Å². The average molecular weight is 183 g/mol. The van der Waals surface area contributed by atoms with Crippen molar-refractivity contribution in [2.45, 2.75) is 52.4 Å². The summed E-state index contributed by atoms with van der Waals surface area (Å²) in [6.07, 6.45) is 8.16. The minimum Gasteiger partial charge on any atom is -0.396 e. The van der Waals surface area contributed by atoms with E-state index in [1.165, 1.54) is 19.3 Å². The highest BCUT2D eigenvalue weighted by atomic mass is 16.1. The minimum absolute atomic E-state index is 0.0963. The fraction of sp³-hybridized carbons (Fsp3) is 0.727. The van der Waals surface area contributed by atoms with Gasteiger partial charge in [-0.05, 0) is 13.3 Å². The Morgan fingerprint density at radius 3 is 2.38 bits per heavy atom. The smallest absolute Gasteiger partial charge is 0.178 e. The minimum atomic E-state index is 0.0963. The summed E-state index contributed by atoms with van der Waals surface area (Å²) >= 11 is 0. The zero-order valence-electron chi connectivity index (χ0n) is 8.81. The largest absolute Gasteiger partial charge is 0.396 e. The highest BCUT2D eigenvalue weighted by molar-refractivity contribution is 5.94. The predicted octanol–water partition coefficient (Wildman–Crippen LogP) is 2.78. The molecule has 2 nitrogen and oxygen atoms in total. The second kappa shape index (κ2) is 7.84. The van der Waals surface area contributed by atoms with E-state index < -0.39 is 0 Å². The van der Waals surface area contributed by atoms with Gasteiger partial charge in [-0.15, -0.1) is 0 Å². The summed E-state index contributed by atoms with van der Waals surface area (Å²) in [5, 5.41) is 0. The van der Waals surface area contributed by atoms with Gasteiger partial charge < -0.3 is 5.73 Å². The van der Waals surface area contributed by atoms with Crippen molar-refractivity contribution in [1.82, 2.24) is 0 Å². The van der Waals surface area contributed by atoms with Crippen molar-refractivity contribution in [3.63, 3.8) is 0 Å². The number of ketones is 1. The first-order valence-corrected chi connectivity index (χ1v) is 5.17. The standard InChI is InChI=1S/C11H21NO/c1-3-5-6-7-8-9-11(13)10(12)4-2/h4H,3,5-9,12H2,1-2H3/b10-4+. The number of hydrogen-bond donors (Lipinski definition) is 1. The molecule has 0 aromatic heterocycles.